The Bertz CT molecular complexity index is 1280. The topological polar surface area (TPSA) is 118 Å². The molecule has 42 heavy (non-hydrogen) atoms. The first-order valence-corrected chi connectivity index (χ1v) is 16.9. The average molecular weight is 602 g/mol. The fraction of sp³-hybridized carbons (Fsp3) is 0.559. The molecule has 2 aliphatic carbocycles. The zero-order chi connectivity index (χ0) is 30.5. The SMILES string of the molecule is CCCCCCCCCCCCc1c2ccc(=[N+](CC)CC)cc-2oc2c1CCc1cc(OC)ccc1-2.[O-][Cl+3]([O-])([O-])[O-]. The maximum absolute atomic E-state index is 8.49. The van der Waals surface area contributed by atoms with E-state index in [2.05, 4.69) is 61.7 Å². The summed E-state index contributed by atoms with van der Waals surface area (Å²) in [5.41, 5.74) is 6.82. The standard InChI is InChI=1S/C34H48NO2.ClHO4/c1-5-8-9-10-11-12-13-14-15-16-17-30-31-22-19-27(35(6-2)7-3)25-33(31)37-34-29-23-20-28(36-4)24-26(29)18-21-32(30)34;2-1(3,4)5/h19-20,22-25H,5-18,21H2,1-4H3;(H,2,3,4,5)/q+1;/p-1. The van der Waals surface area contributed by atoms with Gasteiger partial charge in [0.25, 0.3) is 0 Å². The van der Waals surface area contributed by atoms with Gasteiger partial charge in [0.15, 0.2) is 0 Å². The number of nitrogens with zero attached hydrogens (tertiary/aromatic N) is 1. The van der Waals surface area contributed by atoms with E-state index in [1.54, 1.807) is 7.11 Å². The molecule has 0 unspecified atom stereocenters. The van der Waals surface area contributed by atoms with Gasteiger partial charge in [0.1, 0.15) is 30.4 Å². The van der Waals surface area contributed by atoms with Gasteiger partial charge in [-0.2, -0.15) is 0 Å². The molecule has 0 amide bonds. The highest BCUT2D eigenvalue weighted by atomic mass is 35.7. The number of halogens is 1. The molecule has 0 saturated carbocycles. The number of hydrogen-bond donors (Lipinski definition) is 0. The first kappa shape index (κ1) is 34.1. The van der Waals surface area contributed by atoms with Crippen LogP contribution in [0, 0.1) is 10.2 Å². The quantitative estimate of drug-likeness (QED) is 0.205. The number of hydrogen-bond acceptors (Lipinski definition) is 6. The summed E-state index contributed by atoms with van der Waals surface area (Å²) in [5, 5.41) is 1.25. The van der Waals surface area contributed by atoms with E-state index in [9.17, 15) is 0 Å². The molecule has 232 valence electrons. The fourth-order valence-electron chi connectivity index (χ4n) is 6.04. The molecule has 3 aliphatic rings. The van der Waals surface area contributed by atoms with Crippen LogP contribution in [-0.4, -0.2) is 20.2 Å². The summed E-state index contributed by atoms with van der Waals surface area (Å²) in [6.45, 7) is 8.74. The molecule has 0 atom stereocenters. The van der Waals surface area contributed by atoms with Crippen LogP contribution in [0.5, 0.6) is 5.75 Å². The molecular formula is C34H48ClNO6. The Hall–Kier alpha value is -2.42. The van der Waals surface area contributed by atoms with Gasteiger partial charge in [-0.3, -0.25) is 0 Å². The molecule has 0 fully saturated rings. The lowest BCUT2D eigenvalue weighted by atomic mass is 9.83. The Balaban J connectivity index is 0.000000892. The van der Waals surface area contributed by atoms with E-state index in [4.69, 9.17) is 27.8 Å². The van der Waals surface area contributed by atoms with Gasteiger partial charge >= 0.3 is 0 Å². The van der Waals surface area contributed by atoms with Crippen LogP contribution in [0.25, 0.3) is 22.6 Å². The molecular weight excluding hydrogens is 554 g/mol. The number of aryl methyl sites for hydroxylation is 1. The lowest BCUT2D eigenvalue weighted by molar-refractivity contribution is -2.00. The van der Waals surface area contributed by atoms with E-state index in [0.717, 1.165) is 49.6 Å². The maximum Gasteiger partial charge on any atom is 0.203 e. The van der Waals surface area contributed by atoms with Crippen molar-refractivity contribution in [3.63, 3.8) is 0 Å². The molecule has 0 spiro atoms. The third kappa shape index (κ3) is 10.1. The third-order valence-electron chi connectivity index (χ3n) is 8.25. The van der Waals surface area contributed by atoms with Gasteiger partial charge < -0.3 is 9.15 Å². The smallest absolute Gasteiger partial charge is 0.203 e. The summed E-state index contributed by atoms with van der Waals surface area (Å²) >= 11 is 0. The van der Waals surface area contributed by atoms with E-state index in [0.29, 0.717) is 0 Å². The van der Waals surface area contributed by atoms with Gasteiger partial charge in [-0.15, -0.1) is 10.2 Å². The van der Waals surface area contributed by atoms with E-state index >= 15 is 0 Å². The molecule has 7 nitrogen and oxygen atoms in total. The molecule has 1 aliphatic heterocycles. The number of unbranched alkanes of at least 4 members (excludes halogenated alkanes) is 9. The molecule has 8 heteroatoms. The van der Waals surface area contributed by atoms with Crippen LogP contribution in [0.15, 0.2) is 40.8 Å². The Morgan fingerprint density at radius 3 is 1.95 bits per heavy atom. The summed E-state index contributed by atoms with van der Waals surface area (Å²) in [5.74, 6) is 3.03. The van der Waals surface area contributed by atoms with Crippen LogP contribution in [0.3, 0.4) is 0 Å². The first-order valence-electron chi connectivity index (χ1n) is 15.7. The van der Waals surface area contributed by atoms with Crippen molar-refractivity contribution >= 4 is 0 Å². The average Bonchev–Trinajstić information content (AvgIpc) is 2.97. The highest BCUT2D eigenvalue weighted by molar-refractivity contribution is 5.76. The summed E-state index contributed by atoms with van der Waals surface area (Å²) < 4.78 is 48.6. The fourth-order valence-corrected chi connectivity index (χ4v) is 6.04. The van der Waals surface area contributed by atoms with E-state index < -0.39 is 10.2 Å². The Kier molecular flexibility index (Phi) is 13.8. The predicted octanol–water partition coefficient (Wildman–Crippen LogP) is 3.68. The Morgan fingerprint density at radius 2 is 1.36 bits per heavy atom. The molecule has 0 aromatic heterocycles. The van der Waals surface area contributed by atoms with Gasteiger partial charge in [0.2, 0.25) is 5.36 Å². The molecule has 1 aromatic carbocycles. The van der Waals surface area contributed by atoms with Crippen molar-refractivity contribution in [1.29, 1.82) is 0 Å². The minimum atomic E-state index is -4.94. The number of fused-ring (bicyclic) bond motifs is 4. The van der Waals surface area contributed by atoms with Crippen LogP contribution in [0.2, 0.25) is 0 Å². The van der Waals surface area contributed by atoms with Crippen molar-refractivity contribution in [2.24, 2.45) is 0 Å². The first-order chi connectivity index (χ1) is 20.2. The molecule has 0 N–H and O–H groups in total. The largest absolute Gasteiger partial charge is 0.497 e. The number of methoxy groups -OCH3 is 1. The van der Waals surface area contributed by atoms with Crippen LogP contribution in [0.4, 0.5) is 0 Å². The van der Waals surface area contributed by atoms with Gasteiger partial charge in [-0.05, 0) is 80.5 Å². The zero-order valence-electron chi connectivity index (χ0n) is 25.8. The Morgan fingerprint density at radius 1 is 0.762 bits per heavy atom. The summed E-state index contributed by atoms with van der Waals surface area (Å²) in [6.07, 6.45) is 16.9. The highest BCUT2D eigenvalue weighted by Crippen LogP contribution is 2.42. The molecule has 1 heterocycles. The van der Waals surface area contributed by atoms with Crippen molar-refractivity contribution in [2.45, 2.75) is 104 Å². The van der Waals surface area contributed by atoms with E-state index in [1.165, 1.54) is 97.4 Å². The number of rotatable bonds is 14. The van der Waals surface area contributed by atoms with E-state index in [-0.39, 0.29) is 0 Å². The number of benzene rings is 2. The van der Waals surface area contributed by atoms with Gasteiger partial charge in [0, 0.05) is 17.2 Å². The molecule has 4 rings (SSSR count). The summed E-state index contributed by atoms with van der Waals surface area (Å²) in [7, 11) is -3.20. The van der Waals surface area contributed by atoms with Crippen molar-refractivity contribution in [3.05, 3.63) is 58.4 Å². The second kappa shape index (κ2) is 17.0. The van der Waals surface area contributed by atoms with Gasteiger partial charge in [0.05, 0.1) is 13.2 Å². The highest BCUT2D eigenvalue weighted by Gasteiger charge is 2.26. The van der Waals surface area contributed by atoms with Gasteiger partial charge in [-0.25, -0.2) is 23.2 Å². The van der Waals surface area contributed by atoms with Gasteiger partial charge in [-0.1, -0.05) is 64.7 Å². The number of ether oxygens (including phenoxy) is 1. The minimum absolute atomic E-state index is 0.928. The van der Waals surface area contributed by atoms with Crippen LogP contribution in [0.1, 0.15) is 102 Å². The second-order valence-corrected chi connectivity index (χ2v) is 11.8. The van der Waals surface area contributed by atoms with Crippen molar-refractivity contribution < 1.29 is 38.0 Å². The minimum Gasteiger partial charge on any atom is -0.497 e. The maximum atomic E-state index is 8.49. The monoisotopic (exact) mass is 601 g/mol. The van der Waals surface area contributed by atoms with Crippen LogP contribution < -0.4 is 33.3 Å². The van der Waals surface area contributed by atoms with Crippen molar-refractivity contribution in [1.82, 2.24) is 4.58 Å². The lowest BCUT2D eigenvalue weighted by Crippen LogP contribution is -2.68. The lowest BCUT2D eigenvalue weighted by Gasteiger charge is -2.25. The molecule has 0 radical (unpaired) electrons. The molecule has 1 aromatic rings. The Labute approximate surface area is 253 Å². The molecule has 0 bridgehead atoms. The second-order valence-electron chi connectivity index (χ2n) is 11.1. The normalized spacial score (nSPS) is 12.4. The predicted molar refractivity (Wildman–Crippen MR) is 157 cm³/mol. The zero-order valence-corrected chi connectivity index (χ0v) is 26.6. The van der Waals surface area contributed by atoms with Crippen molar-refractivity contribution in [2.75, 3.05) is 20.2 Å². The van der Waals surface area contributed by atoms with Crippen LogP contribution >= 0.6 is 0 Å². The molecule has 0 saturated heterocycles. The van der Waals surface area contributed by atoms with Crippen LogP contribution in [-0.2, 0) is 19.3 Å². The summed E-state index contributed by atoms with van der Waals surface area (Å²) in [4.78, 5) is 0. The summed E-state index contributed by atoms with van der Waals surface area (Å²) in [6, 6.07) is 13.3. The van der Waals surface area contributed by atoms with Crippen molar-refractivity contribution in [3.8, 4) is 28.4 Å². The third-order valence-corrected chi connectivity index (χ3v) is 8.25. The van der Waals surface area contributed by atoms with E-state index in [1.807, 2.05) is 0 Å².